The van der Waals surface area contributed by atoms with Crippen molar-refractivity contribution < 1.29 is 33.5 Å². The van der Waals surface area contributed by atoms with Crippen molar-refractivity contribution in [2.45, 2.75) is 76.8 Å². The molecule has 0 saturated carbocycles. The Labute approximate surface area is 359 Å². The topological polar surface area (TPSA) is 181 Å². The number of aromatic amines is 1. The molecule has 5 aliphatic heterocycles. The van der Waals surface area contributed by atoms with Crippen LogP contribution in [0.5, 0.6) is 0 Å². The number of nitrogens with zero attached hydrogens (tertiary/aromatic N) is 6. The van der Waals surface area contributed by atoms with E-state index >= 15 is 0 Å². The molecular weight excluding hydrogens is 791 g/mol. The van der Waals surface area contributed by atoms with Crippen LogP contribution >= 0.6 is 0 Å². The summed E-state index contributed by atoms with van der Waals surface area (Å²) in [6, 6.07) is 21.8. The maximum Gasteiger partial charge on any atom is 0.262 e. The lowest BCUT2D eigenvalue weighted by Crippen LogP contribution is -2.58. The molecule has 6 amide bonds. The van der Waals surface area contributed by atoms with Crippen LogP contribution in [0.15, 0.2) is 72.8 Å². The Balaban J connectivity index is 0.750. The van der Waals surface area contributed by atoms with Gasteiger partial charge in [0.2, 0.25) is 11.8 Å². The standard InChI is InChI=1S/C46H51N9O7/c1-27-22-51(23-28(2)54(27)33-13-14-34-35(21-33)45(60)55(44(34)59)38-15-16-39(56)47-43(38)58)24-29-17-19-52(20-18-29)32-11-9-31(10-12-32)42(57)48-41-36-25-53(26-37(36)49-50-41)46(61)40(62-3)30-7-5-4-6-8-30/h4-14,21,27-29,38,40H,15-20,22-26H2,1-3H3,(H,47,56,58)(H2,48,49,50,57)/t27?,28?,38?,40-/m1/s1. The first kappa shape index (κ1) is 41.0. The second kappa shape index (κ2) is 16.8. The molecule has 3 N–H and O–H groups in total. The van der Waals surface area contributed by atoms with Gasteiger partial charge in [-0.05, 0) is 87.1 Å². The van der Waals surface area contributed by atoms with Crippen LogP contribution in [0.2, 0.25) is 0 Å². The third-order valence-electron chi connectivity index (χ3n) is 13.1. The summed E-state index contributed by atoms with van der Waals surface area (Å²) in [4.78, 5) is 87.7. The highest BCUT2D eigenvalue weighted by atomic mass is 16.5. The summed E-state index contributed by atoms with van der Waals surface area (Å²) in [6.45, 7) is 9.60. The van der Waals surface area contributed by atoms with E-state index in [0.29, 0.717) is 36.0 Å². The average Bonchev–Trinajstić information content (AvgIpc) is 3.93. The summed E-state index contributed by atoms with van der Waals surface area (Å²) in [5.74, 6) is -1.46. The fourth-order valence-electron chi connectivity index (χ4n) is 10.0. The lowest BCUT2D eigenvalue weighted by atomic mass is 9.94. The second-order valence-corrected chi connectivity index (χ2v) is 17.2. The van der Waals surface area contributed by atoms with Crippen LogP contribution < -0.4 is 20.4 Å². The molecule has 9 rings (SSSR count). The van der Waals surface area contributed by atoms with E-state index in [1.54, 1.807) is 17.0 Å². The number of carbonyl (C=O) groups is 6. The van der Waals surface area contributed by atoms with Crippen molar-refractivity contribution in [3.8, 4) is 0 Å². The highest BCUT2D eigenvalue weighted by molar-refractivity contribution is 6.23. The van der Waals surface area contributed by atoms with E-state index < -0.39 is 35.8 Å². The van der Waals surface area contributed by atoms with E-state index in [-0.39, 0.29) is 42.3 Å². The van der Waals surface area contributed by atoms with Crippen LogP contribution in [0.1, 0.15) is 93.5 Å². The lowest BCUT2D eigenvalue weighted by Gasteiger charge is -2.47. The molecule has 0 aliphatic carbocycles. The van der Waals surface area contributed by atoms with Gasteiger partial charge in [0.15, 0.2) is 11.9 Å². The molecule has 62 heavy (non-hydrogen) atoms. The second-order valence-electron chi connectivity index (χ2n) is 17.2. The van der Waals surface area contributed by atoms with Crippen LogP contribution in [-0.4, -0.2) is 118 Å². The predicted molar refractivity (Wildman–Crippen MR) is 229 cm³/mol. The first-order valence-corrected chi connectivity index (χ1v) is 21.4. The summed E-state index contributed by atoms with van der Waals surface area (Å²) in [5, 5.41) is 12.5. The summed E-state index contributed by atoms with van der Waals surface area (Å²) in [5.41, 5.74) is 5.41. The van der Waals surface area contributed by atoms with E-state index in [9.17, 15) is 28.8 Å². The number of aromatic nitrogens is 2. The number of piperazine rings is 1. The number of hydrogen-bond acceptors (Lipinski definition) is 11. The number of piperidine rings is 2. The zero-order chi connectivity index (χ0) is 43.2. The van der Waals surface area contributed by atoms with E-state index in [4.69, 9.17) is 4.74 Å². The number of carbonyl (C=O) groups excluding carboxylic acids is 6. The zero-order valence-electron chi connectivity index (χ0n) is 35.1. The van der Waals surface area contributed by atoms with Crippen molar-refractivity contribution in [3.05, 3.63) is 106 Å². The smallest absolute Gasteiger partial charge is 0.262 e. The molecule has 3 unspecified atom stereocenters. The Hall–Kier alpha value is -6.39. The minimum Gasteiger partial charge on any atom is -0.372 e. The molecule has 4 atom stereocenters. The number of imide groups is 2. The monoisotopic (exact) mass is 841 g/mol. The van der Waals surface area contributed by atoms with Crippen LogP contribution in [0.25, 0.3) is 0 Å². The van der Waals surface area contributed by atoms with Gasteiger partial charge in [0.05, 0.1) is 29.9 Å². The summed E-state index contributed by atoms with van der Waals surface area (Å²) < 4.78 is 5.56. The third kappa shape index (κ3) is 7.72. The van der Waals surface area contributed by atoms with Crippen LogP contribution in [-0.2, 0) is 32.2 Å². The number of ether oxygens (including phenoxy) is 1. The first-order valence-electron chi connectivity index (χ1n) is 21.4. The van der Waals surface area contributed by atoms with Crippen molar-refractivity contribution in [1.82, 2.24) is 30.2 Å². The normalized spacial score (nSPS) is 22.5. The van der Waals surface area contributed by atoms with Gasteiger partial charge in [-0.3, -0.25) is 49.0 Å². The number of benzene rings is 3. The molecular formula is C46H51N9O7. The van der Waals surface area contributed by atoms with E-state index in [2.05, 4.69) is 49.4 Å². The molecule has 5 aliphatic rings. The molecule has 3 saturated heterocycles. The van der Waals surface area contributed by atoms with Crippen molar-refractivity contribution >= 4 is 52.6 Å². The number of amides is 6. The fourth-order valence-corrected chi connectivity index (χ4v) is 10.0. The van der Waals surface area contributed by atoms with Crippen molar-refractivity contribution in [3.63, 3.8) is 0 Å². The molecule has 0 radical (unpaired) electrons. The van der Waals surface area contributed by atoms with Crippen LogP contribution in [0.4, 0.5) is 17.2 Å². The number of hydrogen-bond donors (Lipinski definition) is 3. The maximum atomic E-state index is 13.5. The first-order chi connectivity index (χ1) is 30.0. The molecule has 16 nitrogen and oxygen atoms in total. The predicted octanol–water partition coefficient (Wildman–Crippen LogP) is 4.11. The van der Waals surface area contributed by atoms with Gasteiger partial charge in [-0.25, -0.2) is 0 Å². The largest absolute Gasteiger partial charge is 0.372 e. The SMILES string of the molecule is CO[C@@H](C(=O)N1Cc2[nH]nc(NC(=O)c3ccc(N4CCC(CN5CC(C)N(c6ccc7c(c6)C(=O)N(C6CCC(=O)NC6=O)C7=O)C(C)C5)CC4)cc3)c2C1)c1ccccc1. The fraction of sp³-hybridized carbons (Fsp3) is 0.413. The minimum absolute atomic E-state index is 0.0824. The molecule has 322 valence electrons. The van der Waals surface area contributed by atoms with E-state index in [1.165, 1.54) is 7.11 Å². The van der Waals surface area contributed by atoms with Gasteiger partial charge in [0, 0.05) is 80.8 Å². The molecule has 1 aromatic heterocycles. The van der Waals surface area contributed by atoms with Crippen molar-refractivity contribution in [2.75, 3.05) is 55.0 Å². The van der Waals surface area contributed by atoms with Crippen LogP contribution in [0, 0.1) is 5.92 Å². The number of rotatable bonds is 10. The summed E-state index contributed by atoms with van der Waals surface area (Å²) in [7, 11) is 1.53. The van der Waals surface area contributed by atoms with Gasteiger partial charge in [-0.2, -0.15) is 5.10 Å². The van der Waals surface area contributed by atoms with Crippen LogP contribution in [0.3, 0.4) is 0 Å². The summed E-state index contributed by atoms with van der Waals surface area (Å²) in [6.07, 6.45) is 1.59. The van der Waals surface area contributed by atoms with E-state index in [0.717, 1.165) is 78.7 Å². The lowest BCUT2D eigenvalue weighted by molar-refractivity contribution is -0.143. The zero-order valence-corrected chi connectivity index (χ0v) is 35.1. The Bertz CT molecular complexity index is 2400. The Morgan fingerprint density at radius 1 is 0.855 bits per heavy atom. The van der Waals surface area contributed by atoms with Crippen molar-refractivity contribution in [2.24, 2.45) is 5.92 Å². The highest BCUT2D eigenvalue weighted by Crippen LogP contribution is 2.35. The molecule has 0 spiro atoms. The minimum atomic E-state index is -0.990. The number of anilines is 3. The summed E-state index contributed by atoms with van der Waals surface area (Å²) >= 11 is 0. The van der Waals surface area contributed by atoms with Gasteiger partial charge in [0.25, 0.3) is 23.6 Å². The highest BCUT2D eigenvalue weighted by Gasteiger charge is 2.45. The maximum absolute atomic E-state index is 13.5. The number of fused-ring (bicyclic) bond motifs is 2. The van der Waals surface area contributed by atoms with Gasteiger partial charge < -0.3 is 24.8 Å². The molecule has 4 aromatic rings. The quantitative estimate of drug-likeness (QED) is 0.196. The van der Waals surface area contributed by atoms with Crippen molar-refractivity contribution in [1.29, 1.82) is 0 Å². The van der Waals surface area contributed by atoms with Gasteiger partial charge in [0.1, 0.15) is 6.04 Å². The number of methoxy groups -OCH3 is 1. The molecule has 3 fully saturated rings. The van der Waals surface area contributed by atoms with Gasteiger partial charge in [-0.15, -0.1) is 0 Å². The molecule has 0 bridgehead atoms. The number of nitrogens with one attached hydrogen (secondary N) is 3. The average molecular weight is 842 g/mol. The third-order valence-corrected chi connectivity index (χ3v) is 13.1. The molecule has 16 heteroatoms. The number of H-pyrrole nitrogens is 1. The molecule has 3 aromatic carbocycles. The Morgan fingerprint density at radius 3 is 2.24 bits per heavy atom. The van der Waals surface area contributed by atoms with Gasteiger partial charge in [-0.1, -0.05) is 30.3 Å². The van der Waals surface area contributed by atoms with Gasteiger partial charge >= 0.3 is 0 Å². The Morgan fingerprint density at radius 2 is 1.55 bits per heavy atom. The molecule has 6 heterocycles. The van der Waals surface area contributed by atoms with E-state index in [1.807, 2.05) is 60.7 Å². The Kier molecular flexibility index (Phi) is 11.1.